The van der Waals surface area contributed by atoms with E-state index in [0.717, 1.165) is 23.8 Å². The van der Waals surface area contributed by atoms with Gasteiger partial charge in [0.25, 0.3) is 0 Å². The van der Waals surface area contributed by atoms with Gasteiger partial charge in [0, 0.05) is 6.04 Å². The van der Waals surface area contributed by atoms with Crippen LogP contribution in [0.15, 0.2) is 0 Å². The molecule has 0 bridgehead atoms. The van der Waals surface area contributed by atoms with Gasteiger partial charge in [-0.15, -0.1) is 0 Å². The summed E-state index contributed by atoms with van der Waals surface area (Å²) < 4.78 is 0. The van der Waals surface area contributed by atoms with Gasteiger partial charge in [0.15, 0.2) is 0 Å². The Morgan fingerprint density at radius 2 is 2.15 bits per heavy atom. The molecule has 0 radical (unpaired) electrons. The van der Waals surface area contributed by atoms with Crippen molar-refractivity contribution in [1.82, 2.24) is 5.32 Å². The zero-order valence-electron chi connectivity index (χ0n) is 9.05. The molecule has 0 aromatic carbocycles. The summed E-state index contributed by atoms with van der Waals surface area (Å²) in [5, 5.41) is 3.72. The van der Waals surface area contributed by atoms with Crippen molar-refractivity contribution in [2.75, 3.05) is 6.54 Å². The maximum Gasteiger partial charge on any atom is 0.0101 e. The monoisotopic (exact) mass is 181 g/mol. The second-order valence-corrected chi connectivity index (χ2v) is 5.05. The lowest BCUT2D eigenvalue weighted by molar-refractivity contribution is 0.186. The second-order valence-electron chi connectivity index (χ2n) is 5.05. The lowest BCUT2D eigenvalue weighted by Gasteiger charge is -2.34. The first-order valence-electron chi connectivity index (χ1n) is 6.06. The van der Waals surface area contributed by atoms with Gasteiger partial charge in [0.1, 0.15) is 0 Å². The van der Waals surface area contributed by atoms with Crippen LogP contribution in [0.5, 0.6) is 0 Å². The first-order chi connectivity index (χ1) is 6.33. The summed E-state index contributed by atoms with van der Waals surface area (Å²) in [6.45, 7) is 6.08. The molecular formula is C12H23N. The maximum absolute atomic E-state index is 3.72. The summed E-state index contributed by atoms with van der Waals surface area (Å²) in [5.41, 5.74) is 0. The highest BCUT2D eigenvalue weighted by Gasteiger charge is 2.40. The number of fused-ring (bicyclic) bond motifs is 1. The van der Waals surface area contributed by atoms with E-state index in [0.29, 0.717) is 0 Å². The first kappa shape index (κ1) is 9.51. The van der Waals surface area contributed by atoms with Gasteiger partial charge in [0.2, 0.25) is 0 Å². The van der Waals surface area contributed by atoms with Gasteiger partial charge in [-0.3, -0.25) is 0 Å². The number of rotatable bonds is 2. The molecule has 1 aliphatic carbocycles. The van der Waals surface area contributed by atoms with Gasteiger partial charge in [-0.05, 0) is 37.1 Å². The minimum Gasteiger partial charge on any atom is -0.313 e. The molecule has 4 atom stereocenters. The van der Waals surface area contributed by atoms with Crippen molar-refractivity contribution < 1.29 is 0 Å². The quantitative estimate of drug-likeness (QED) is 0.690. The Hall–Kier alpha value is -0.0400. The molecule has 0 aromatic heterocycles. The van der Waals surface area contributed by atoms with Gasteiger partial charge < -0.3 is 5.32 Å². The predicted molar refractivity (Wildman–Crippen MR) is 56.7 cm³/mol. The Kier molecular flexibility index (Phi) is 2.92. The molecule has 1 aliphatic heterocycles. The molecule has 1 N–H and O–H groups in total. The van der Waals surface area contributed by atoms with Crippen LogP contribution in [0.1, 0.15) is 46.0 Å². The normalized spacial score (nSPS) is 44.8. The first-order valence-corrected chi connectivity index (χ1v) is 6.06. The Morgan fingerprint density at radius 1 is 1.31 bits per heavy atom. The number of hydrogen-bond donors (Lipinski definition) is 1. The molecular weight excluding hydrogens is 158 g/mol. The second kappa shape index (κ2) is 4.00. The van der Waals surface area contributed by atoms with Crippen LogP contribution in [0, 0.1) is 17.8 Å². The summed E-state index contributed by atoms with van der Waals surface area (Å²) in [6, 6.07) is 0.875. The predicted octanol–water partition coefficient (Wildman–Crippen LogP) is 2.81. The molecule has 2 fully saturated rings. The zero-order chi connectivity index (χ0) is 9.26. The Morgan fingerprint density at radius 3 is 2.92 bits per heavy atom. The summed E-state index contributed by atoms with van der Waals surface area (Å²) in [5.74, 6) is 2.98. The van der Waals surface area contributed by atoms with E-state index < -0.39 is 0 Å². The van der Waals surface area contributed by atoms with Crippen molar-refractivity contribution >= 4 is 0 Å². The number of nitrogens with one attached hydrogen (secondary N) is 1. The topological polar surface area (TPSA) is 12.0 Å². The summed E-state index contributed by atoms with van der Waals surface area (Å²) >= 11 is 0. The van der Waals surface area contributed by atoms with E-state index in [-0.39, 0.29) is 0 Å². The summed E-state index contributed by atoms with van der Waals surface area (Å²) in [4.78, 5) is 0. The molecule has 1 heterocycles. The SMILES string of the molecule is CCCC1CNC2CCCC(C)C12. The van der Waals surface area contributed by atoms with Crippen LogP contribution >= 0.6 is 0 Å². The van der Waals surface area contributed by atoms with Crippen LogP contribution in [-0.4, -0.2) is 12.6 Å². The van der Waals surface area contributed by atoms with Crippen LogP contribution < -0.4 is 5.32 Å². The van der Waals surface area contributed by atoms with Gasteiger partial charge in [-0.2, -0.15) is 0 Å². The lowest BCUT2D eigenvalue weighted by atomic mass is 9.72. The van der Waals surface area contributed by atoms with E-state index in [2.05, 4.69) is 19.2 Å². The molecule has 1 nitrogen and oxygen atoms in total. The molecule has 13 heavy (non-hydrogen) atoms. The molecule has 76 valence electrons. The van der Waals surface area contributed by atoms with Gasteiger partial charge in [-0.25, -0.2) is 0 Å². The average molecular weight is 181 g/mol. The highest BCUT2D eigenvalue weighted by Crippen LogP contribution is 2.40. The Labute approximate surface area is 82.3 Å². The van der Waals surface area contributed by atoms with Crippen LogP contribution in [0.2, 0.25) is 0 Å². The fraction of sp³-hybridized carbons (Fsp3) is 1.00. The van der Waals surface area contributed by atoms with E-state index >= 15 is 0 Å². The summed E-state index contributed by atoms with van der Waals surface area (Å²) in [6.07, 6.45) is 7.17. The third kappa shape index (κ3) is 1.76. The zero-order valence-corrected chi connectivity index (χ0v) is 9.05. The van der Waals surface area contributed by atoms with Crippen molar-refractivity contribution in [2.24, 2.45) is 17.8 Å². The van der Waals surface area contributed by atoms with Crippen molar-refractivity contribution in [3.05, 3.63) is 0 Å². The largest absolute Gasteiger partial charge is 0.313 e. The van der Waals surface area contributed by atoms with E-state index in [1.54, 1.807) is 0 Å². The van der Waals surface area contributed by atoms with Crippen molar-refractivity contribution in [1.29, 1.82) is 0 Å². The van der Waals surface area contributed by atoms with Gasteiger partial charge in [-0.1, -0.05) is 33.1 Å². The molecule has 2 rings (SSSR count). The van der Waals surface area contributed by atoms with E-state index in [9.17, 15) is 0 Å². The van der Waals surface area contributed by atoms with E-state index in [1.165, 1.54) is 38.6 Å². The average Bonchev–Trinajstić information content (AvgIpc) is 2.51. The minimum absolute atomic E-state index is 0.875. The summed E-state index contributed by atoms with van der Waals surface area (Å²) in [7, 11) is 0. The van der Waals surface area contributed by atoms with Gasteiger partial charge in [0.05, 0.1) is 0 Å². The highest BCUT2D eigenvalue weighted by atomic mass is 15.0. The Balaban J connectivity index is 2.00. The molecule has 0 aromatic rings. The van der Waals surface area contributed by atoms with E-state index in [4.69, 9.17) is 0 Å². The third-order valence-electron chi connectivity index (χ3n) is 4.14. The van der Waals surface area contributed by atoms with Crippen LogP contribution in [0.3, 0.4) is 0 Å². The molecule has 1 saturated heterocycles. The number of hydrogen-bond acceptors (Lipinski definition) is 1. The smallest absolute Gasteiger partial charge is 0.0101 e. The van der Waals surface area contributed by atoms with Crippen LogP contribution in [-0.2, 0) is 0 Å². The maximum atomic E-state index is 3.72. The fourth-order valence-corrected chi connectivity index (χ4v) is 3.58. The van der Waals surface area contributed by atoms with Crippen LogP contribution in [0.4, 0.5) is 0 Å². The molecule has 1 heteroatoms. The molecule has 0 amide bonds. The third-order valence-corrected chi connectivity index (χ3v) is 4.14. The van der Waals surface area contributed by atoms with Crippen molar-refractivity contribution in [2.45, 2.75) is 52.0 Å². The standard InChI is InChI=1S/C12H23N/c1-3-5-10-8-13-11-7-4-6-9(2)12(10)11/h9-13H,3-8H2,1-2H3. The molecule has 2 aliphatic rings. The molecule has 0 spiro atoms. The fourth-order valence-electron chi connectivity index (χ4n) is 3.58. The van der Waals surface area contributed by atoms with Crippen molar-refractivity contribution in [3.8, 4) is 0 Å². The van der Waals surface area contributed by atoms with Crippen molar-refractivity contribution in [3.63, 3.8) is 0 Å². The van der Waals surface area contributed by atoms with E-state index in [1.807, 2.05) is 0 Å². The lowest BCUT2D eigenvalue weighted by Crippen LogP contribution is -2.35. The molecule has 4 unspecified atom stereocenters. The Bertz CT molecular complexity index is 167. The van der Waals surface area contributed by atoms with Crippen LogP contribution in [0.25, 0.3) is 0 Å². The minimum atomic E-state index is 0.875. The highest BCUT2D eigenvalue weighted by molar-refractivity contribution is 4.95. The molecule has 1 saturated carbocycles. The van der Waals surface area contributed by atoms with Gasteiger partial charge >= 0.3 is 0 Å².